The van der Waals surface area contributed by atoms with Crippen LogP contribution in [-0.4, -0.2) is 34.3 Å². The van der Waals surface area contributed by atoms with Gasteiger partial charge in [0, 0.05) is 13.1 Å². The van der Waals surface area contributed by atoms with Gasteiger partial charge in [0.15, 0.2) is 0 Å². The molecular weight excluding hydrogens is 410 g/mol. The van der Waals surface area contributed by atoms with Crippen LogP contribution in [0.4, 0.5) is 4.79 Å². The normalized spacial score (nSPS) is 13.4. The zero-order chi connectivity index (χ0) is 24.4. The summed E-state index contributed by atoms with van der Waals surface area (Å²) >= 11 is 0. The summed E-state index contributed by atoms with van der Waals surface area (Å²) in [5, 5.41) is 9.75. The average Bonchev–Trinajstić information content (AvgIpc) is 2.76. The molecule has 2 aromatic carbocycles. The van der Waals surface area contributed by atoms with Gasteiger partial charge in [-0.05, 0) is 81.5 Å². The molecule has 2 unspecified atom stereocenters. The summed E-state index contributed by atoms with van der Waals surface area (Å²) in [6.45, 7) is 12.9. The molecule has 0 fully saturated rings. The fourth-order valence-electron chi connectivity index (χ4n) is 3.67. The highest BCUT2D eigenvalue weighted by atomic mass is 16.6. The third-order valence-corrected chi connectivity index (χ3v) is 6.00. The van der Waals surface area contributed by atoms with Crippen LogP contribution in [0.1, 0.15) is 78.4 Å². The Kier molecular flexibility index (Phi) is 10.4. The van der Waals surface area contributed by atoms with Crippen LogP contribution in [-0.2, 0) is 17.7 Å². The maximum Gasteiger partial charge on any atom is 0.410 e. The predicted octanol–water partition coefficient (Wildman–Crippen LogP) is 7.23. The van der Waals surface area contributed by atoms with E-state index in [1.54, 1.807) is 4.90 Å². The van der Waals surface area contributed by atoms with Gasteiger partial charge < -0.3 is 14.7 Å². The van der Waals surface area contributed by atoms with E-state index in [4.69, 9.17) is 4.74 Å². The minimum absolute atomic E-state index is 0.207. The van der Waals surface area contributed by atoms with Crippen LogP contribution >= 0.6 is 0 Å². The standard InChI is InChI=1S/C29H43NO3/c1-7-8-11-24-12-16-26(17-13-24)27-18-14-25(15-19-27)21-30(28(32)33-29(4,5)6)20-9-10-22(2)23(3)31/h12-19,22-23,31H,7-11,20-21H2,1-6H3. The van der Waals surface area contributed by atoms with E-state index in [-0.39, 0.29) is 18.1 Å². The first-order valence-corrected chi connectivity index (χ1v) is 12.4. The number of rotatable bonds is 11. The number of ether oxygens (including phenoxy) is 1. The lowest BCUT2D eigenvalue weighted by Crippen LogP contribution is -2.37. The smallest absolute Gasteiger partial charge is 0.410 e. The number of carbonyl (C=O) groups is 1. The van der Waals surface area contributed by atoms with Crippen molar-refractivity contribution in [1.29, 1.82) is 0 Å². The third-order valence-electron chi connectivity index (χ3n) is 6.00. The number of aliphatic hydroxyl groups excluding tert-OH is 1. The highest BCUT2D eigenvalue weighted by molar-refractivity contribution is 5.68. The van der Waals surface area contributed by atoms with E-state index in [9.17, 15) is 9.90 Å². The molecular formula is C29H43NO3. The van der Waals surface area contributed by atoms with Crippen LogP contribution in [0.25, 0.3) is 11.1 Å². The molecule has 0 aromatic heterocycles. The zero-order valence-corrected chi connectivity index (χ0v) is 21.4. The van der Waals surface area contributed by atoms with Gasteiger partial charge in [-0.25, -0.2) is 4.79 Å². The maximum atomic E-state index is 12.8. The van der Waals surface area contributed by atoms with Gasteiger partial charge >= 0.3 is 6.09 Å². The number of aliphatic hydroxyl groups is 1. The van der Waals surface area contributed by atoms with Crippen molar-refractivity contribution in [2.75, 3.05) is 6.54 Å². The second-order valence-corrected chi connectivity index (χ2v) is 10.3. The summed E-state index contributed by atoms with van der Waals surface area (Å²) < 4.78 is 5.65. The lowest BCUT2D eigenvalue weighted by atomic mass is 10.00. The average molecular weight is 454 g/mol. The number of amides is 1. The van der Waals surface area contributed by atoms with Gasteiger partial charge in [0.05, 0.1) is 6.10 Å². The number of benzene rings is 2. The number of carbonyl (C=O) groups excluding carboxylic acids is 1. The molecule has 2 atom stereocenters. The van der Waals surface area contributed by atoms with Crippen molar-refractivity contribution < 1.29 is 14.6 Å². The Morgan fingerprint density at radius 1 is 0.939 bits per heavy atom. The summed E-state index contributed by atoms with van der Waals surface area (Å²) in [6.07, 6.45) is 4.63. The van der Waals surface area contributed by atoms with E-state index in [0.717, 1.165) is 24.8 Å². The minimum Gasteiger partial charge on any atom is -0.444 e. The highest BCUT2D eigenvalue weighted by Crippen LogP contribution is 2.22. The molecule has 4 nitrogen and oxygen atoms in total. The third kappa shape index (κ3) is 9.59. The van der Waals surface area contributed by atoms with Gasteiger partial charge in [0.25, 0.3) is 0 Å². The summed E-state index contributed by atoms with van der Waals surface area (Å²) in [5.41, 5.74) is 4.31. The fraction of sp³-hybridized carbons (Fsp3) is 0.552. The van der Waals surface area contributed by atoms with Crippen LogP contribution in [0.3, 0.4) is 0 Å². The molecule has 0 saturated carbocycles. The van der Waals surface area contributed by atoms with Crippen LogP contribution < -0.4 is 0 Å². The van der Waals surface area contributed by atoms with Gasteiger partial charge in [-0.2, -0.15) is 0 Å². The Labute approximate surface area is 201 Å². The Morgan fingerprint density at radius 3 is 1.97 bits per heavy atom. The number of hydrogen-bond donors (Lipinski definition) is 1. The highest BCUT2D eigenvalue weighted by Gasteiger charge is 2.22. The van der Waals surface area contributed by atoms with Crippen molar-refractivity contribution in [3.05, 3.63) is 59.7 Å². The summed E-state index contributed by atoms with van der Waals surface area (Å²) in [4.78, 5) is 14.6. The van der Waals surface area contributed by atoms with E-state index in [1.807, 2.05) is 34.6 Å². The molecule has 0 aliphatic carbocycles. The largest absolute Gasteiger partial charge is 0.444 e. The van der Waals surface area contributed by atoms with E-state index in [2.05, 4.69) is 55.5 Å². The summed E-state index contributed by atoms with van der Waals surface area (Å²) in [5.74, 6) is 0.207. The topological polar surface area (TPSA) is 49.8 Å². The van der Waals surface area contributed by atoms with E-state index in [1.165, 1.54) is 29.5 Å². The quantitative estimate of drug-likeness (QED) is 0.390. The Hall–Kier alpha value is -2.33. The Bertz CT molecular complexity index is 835. The van der Waals surface area contributed by atoms with Crippen molar-refractivity contribution in [3.63, 3.8) is 0 Å². The molecule has 0 aliphatic heterocycles. The minimum atomic E-state index is -0.532. The lowest BCUT2D eigenvalue weighted by Gasteiger charge is -2.28. The second-order valence-electron chi connectivity index (χ2n) is 10.3. The summed E-state index contributed by atoms with van der Waals surface area (Å²) in [7, 11) is 0. The molecule has 0 aliphatic rings. The van der Waals surface area contributed by atoms with Crippen LogP contribution in [0.5, 0.6) is 0 Å². The number of aryl methyl sites for hydroxylation is 1. The van der Waals surface area contributed by atoms with E-state index < -0.39 is 5.60 Å². The fourth-order valence-corrected chi connectivity index (χ4v) is 3.67. The molecule has 0 radical (unpaired) electrons. The van der Waals surface area contributed by atoms with Crippen molar-refractivity contribution >= 4 is 6.09 Å². The second kappa shape index (κ2) is 12.8. The van der Waals surface area contributed by atoms with Gasteiger partial charge in [0.2, 0.25) is 0 Å². The van der Waals surface area contributed by atoms with Crippen LogP contribution in [0.2, 0.25) is 0 Å². The molecule has 1 N–H and O–H groups in total. The van der Waals surface area contributed by atoms with Gasteiger partial charge in [0.1, 0.15) is 5.60 Å². The molecule has 0 saturated heterocycles. The summed E-state index contributed by atoms with van der Waals surface area (Å²) in [6, 6.07) is 17.3. The number of nitrogens with zero attached hydrogens (tertiary/aromatic N) is 1. The molecule has 2 rings (SSSR count). The first-order chi connectivity index (χ1) is 15.6. The number of hydrogen-bond acceptors (Lipinski definition) is 3. The maximum absolute atomic E-state index is 12.8. The Balaban J connectivity index is 2.05. The Morgan fingerprint density at radius 2 is 1.48 bits per heavy atom. The van der Waals surface area contributed by atoms with Crippen molar-refractivity contribution in [1.82, 2.24) is 4.90 Å². The molecule has 0 spiro atoms. The van der Waals surface area contributed by atoms with Crippen molar-refractivity contribution in [3.8, 4) is 11.1 Å². The van der Waals surface area contributed by atoms with Crippen molar-refractivity contribution in [2.45, 2.75) is 91.9 Å². The van der Waals surface area contributed by atoms with Gasteiger partial charge in [-0.3, -0.25) is 0 Å². The molecule has 33 heavy (non-hydrogen) atoms. The van der Waals surface area contributed by atoms with Crippen LogP contribution in [0, 0.1) is 5.92 Å². The van der Waals surface area contributed by atoms with Crippen LogP contribution in [0.15, 0.2) is 48.5 Å². The molecule has 2 aromatic rings. The van der Waals surface area contributed by atoms with E-state index in [0.29, 0.717) is 13.1 Å². The molecule has 0 heterocycles. The lowest BCUT2D eigenvalue weighted by molar-refractivity contribution is 0.0225. The molecule has 182 valence electrons. The molecule has 0 bridgehead atoms. The zero-order valence-electron chi connectivity index (χ0n) is 21.4. The van der Waals surface area contributed by atoms with Crippen molar-refractivity contribution in [2.24, 2.45) is 5.92 Å². The van der Waals surface area contributed by atoms with Gasteiger partial charge in [-0.15, -0.1) is 0 Å². The monoisotopic (exact) mass is 453 g/mol. The van der Waals surface area contributed by atoms with E-state index >= 15 is 0 Å². The molecule has 4 heteroatoms. The predicted molar refractivity (Wildman–Crippen MR) is 137 cm³/mol. The van der Waals surface area contributed by atoms with Gasteiger partial charge in [-0.1, -0.05) is 68.8 Å². The molecule has 1 amide bonds. The first-order valence-electron chi connectivity index (χ1n) is 12.4. The SMILES string of the molecule is CCCCc1ccc(-c2ccc(CN(CCCC(C)C(C)O)C(=O)OC(C)(C)C)cc2)cc1. The number of unbranched alkanes of at least 4 members (excludes halogenated alkanes) is 1. The first kappa shape index (κ1) is 26.9.